The summed E-state index contributed by atoms with van der Waals surface area (Å²) in [6.07, 6.45) is 0. The molecule has 1 heterocycles. The third kappa shape index (κ3) is 3.71. The summed E-state index contributed by atoms with van der Waals surface area (Å²) >= 11 is 1.44. The Balaban J connectivity index is 1.82. The van der Waals surface area contributed by atoms with Crippen LogP contribution in [0.3, 0.4) is 0 Å². The van der Waals surface area contributed by atoms with E-state index in [2.05, 4.69) is 0 Å². The van der Waals surface area contributed by atoms with Gasteiger partial charge in [0.1, 0.15) is 5.82 Å². The lowest BCUT2D eigenvalue weighted by Crippen LogP contribution is -2.41. The summed E-state index contributed by atoms with van der Waals surface area (Å²) in [5.74, 6) is -0.798. The van der Waals surface area contributed by atoms with Crippen molar-refractivity contribution in [1.29, 1.82) is 0 Å². The van der Waals surface area contributed by atoms with Gasteiger partial charge in [0.25, 0.3) is 0 Å². The van der Waals surface area contributed by atoms with Crippen molar-refractivity contribution in [3.05, 3.63) is 30.1 Å². The second-order valence-electron chi connectivity index (χ2n) is 4.81. The van der Waals surface area contributed by atoms with Gasteiger partial charge in [-0.15, -0.1) is 11.8 Å². The molecule has 0 aliphatic carbocycles. The van der Waals surface area contributed by atoms with E-state index in [1.54, 1.807) is 18.2 Å². The first-order valence-electron chi connectivity index (χ1n) is 6.47. The number of carboxylic acid groups (broad SMARTS) is 1. The standard InChI is InChI=1S/C14H18FNO3S/c1-16(12-9-19-8-10(12)14(17)18)6-7-20-13-5-3-2-4-11(13)15/h2-5,10,12H,6-9H2,1H3,(H,17,18). The van der Waals surface area contributed by atoms with E-state index < -0.39 is 11.9 Å². The molecule has 4 nitrogen and oxygen atoms in total. The number of halogens is 1. The van der Waals surface area contributed by atoms with Gasteiger partial charge >= 0.3 is 5.97 Å². The van der Waals surface area contributed by atoms with Crippen LogP contribution in [0, 0.1) is 11.7 Å². The summed E-state index contributed by atoms with van der Waals surface area (Å²) in [5.41, 5.74) is 0. The van der Waals surface area contributed by atoms with E-state index in [0.717, 1.165) is 0 Å². The first-order valence-corrected chi connectivity index (χ1v) is 7.46. The first kappa shape index (κ1) is 15.3. The van der Waals surface area contributed by atoms with Crippen molar-refractivity contribution in [2.45, 2.75) is 10.9 Å². The van der Waals surface area contributed by atoms with Gasteiger partial charge in [-0.1, -0.05) is 12.1 Å². The molecule has 1 N–H and O–H groups in total. The summed E-state index contributed by atoms with van der Waals surface area (Å²) in [7, 11) is 1.89. The van der Waals surface area contributed by atoms with Crippen LogP contribution < -0.4 is 0 Å². The number of nitrogens with zero attached hydrogens (tertiary/aromatic N) is 1. The van der Waals surface area contributed by atoms with Crippen molar-refractivity contribution in [3.63, 3.8) is 0 Å². The Hall–Kier alpha value is -1.11. The van der Waals surface area contributed by atoms with Gasteiger partial charge in [0, 0.05) is 23.2 Å². The van der Waals surface area contributed by atoms with Gasteiger partial charge < -0.3 is 9.84 Å². The molecule has 1 aliphatic rings. The van der Waals surface area contributed by atoms with E-state index in [-0.39, 0.29) is 18.5 Å². The third-order valence-electron chi connectivity index (χ3n) is 3.47. The monoisotopic (exact) mass is 299 g/mol. The maximum atomic E-state index is 13.5. The highest BCUT2D eigenvalue weighted by Gasteiger charge is 2.36. The molecule has 2 rings (SSSR count). The van der Waals surface area contributed by atoms with Gasteiger partial charge in [0.2, 0.25) is 0 Å². The Morgan fingerprint density at radius 3 is 2.95 bits per heavy atom. The van der Waals surface area contributed by atoms with Crippen molar-refractivity contribution < 1.29 is 19.0 Å². The topological polar surface area (TPSA) is 49.8 Å². The van der Waals surface area contributed by atoms with Gasteiger partial charge in [-0.25, -0.2) is 4.39 Å². The van der Waals surface area contributed by atoms with E-state index in [1.807, 2.05) is 11.9 Å². The van der Waals surface area contributed by atoms with E-state index in [9.17, 15) is 9.18 Å². The molecule has 0 aromatic heterocycles. The minimum Gasteiger partial charge on any atom is -0.481 e. The highest BCUT2D eigenvalue weighted by molar-refractivity contribution is 7.99. The number of aliphatic carboxylic acids is 1. The molecule has 0 amide bonds. The fourth-order valence-electron chi connectivity index (χ4n) is 2.24. The van der Waals surface area contributed by atoms with Crippen LogP contribution in [-0.2, 0) is 9.53 Å². The maximum absolute atomic E-state index is 13.5. The van der Waals surface area contributed by atoms with Crippen molar-refractivity contribution in [1.82, 2.24) is 4.90 Å². The van der Waals surface area contributed by atoms with E-state index >= 15 is 0 Å². The number of thioether (sulfide) groups is 1. The van der Waals surface area contributed by atoms with Crippen LogP contribution in [-0.4, -0.2) is 54.6 Å². The Morgan fingerprint density at radius 2 is 2.25 bits per heavy atom. The van der Waals surface area contributed by atoms with Crippen molar-refractivity contribution in [2.24, 2.45) is 5.92 Å². The highest BCUT2D eigenvalue weighted by Crippen LogP contribution is 2.23. The van der Waals surface area contributed by atoms with Crippen molar-refractivity contribution in [3.8, 4) is 0 Å². The predicted molar refractivity (Wildman–Crippen MR) is 75.5 cm³/mol. The summed E-state index contributed by atoms with van der Waals surface area (Å²) in [6, 6.07) is 6.56. The van der Waals surface area contributed by atoms with Gasteiger partial charge in [-0.2, -0.15) is 0 Å². The van der Waals surface area contributed by atoms with Crippen LogP contribution in [0.2, 0.25) is 0 Å². The average molecular weight is 299 g/mol. The quantitative estimate of drug-likeness (QED) is 0.814. The number of likely N-dealkylation sites (N-methyl/N-ethyl adjacent to an activating group) is 1. The highest BCUT2D eigenvalue weighted by atomic mass is 32.2. The zero-order valence-corrected chi connectivity index (χ0v) is 12.1. The molecule has 1 saturated heterocycles. The molecule has 1 aliphatic heterocycles. The molecular formula is C14H18FNO3S. The molecule has 20 heavy (non-hydrogen) atoms. The molecule has 6 heteroatoms. The molecular weight excluding hydrogens is 281 g/mol. The summed E-state index contributed by atoms with van der Waals surface area (Å²) in [4.78, 5) is 13.7. The van der Waals surface area contributed by atoms with Crippen LogP contribution >= 0.6 is 11.8 Å². The maximum Gasteiger partial charge on any atom is 0.310 e. The van der Waals surface area contributed by atoms with Crippen LogP contribution in [0.5, 0.6) is 0 Å². The second-order valence-corrected chi connectivity index (χ2v) is 5.95. The lowest BCUT2D eigenvalue weighted by atomic mass is 10.0. The fraction of sp³-hybridized carbons (Fsp3) is 0.500. The van der Waals surface area contributed by atoms with E-state index in [1.165, 1.54) is 17.8 Å². The fourth-order valence-corrected chi connectivity index (χ4v) is 3.22. The number of rotatable bonds is 6. The van der Waals surface area contributed by atoms with E-state index in [0.29, 0.717) is 23.8 Å². The predicted octanol–water partition coefficient (Wildman–Crippen LogP) is 1.95. The number of hydrogen-bond acceptors (Lipinski definition) is 4. The number of benzene rings is 1. The number of ether oxygens (including phenoxy) is 1. The van der Waals surface area contributed by atoms with E-state index in [4.69, 9.17) is 9.84 Å². The minimum absolute atomic E-state index is 0.103. The average Bonchev–Trinajstić information content (AvgIpc) is 2.90. The first-order chi connectivity index (χ1) is 9.59. The largest absolute Gasteiger partial charge is 0.481 e. The molecule has 1 fully saturated rings. The Morgan fingerprint density at radius 1 is 1.50 bits per heavy atom. The van der Waals surface area contributed by atoms with Gasteiger partial charge in [0.05, 0.1) is 19.1 Å². The molecule has 0 saturated carbocycles. The molecule has 2 atom stereocenters. The smallest absolute Gasteiger partial charge is 0.310 e. The SMILES string of the molecule is CN(CCSc1ccccc1F)C1COCC1C(=O)O. The molecule has 2 unspecified atom stereocenters. The van der Waals surface area contributed by atoms with Crippen LogP contribution in [0.1, 0.15) is 0 Å². The molecule has 1 aromatic carbocycles. The number of carboxylic acids is 1. The zero-order chi connectivity index (χ0) is 14.5. The van der Waals surface area contributed by atoms with Gasteiger partial charge in [-0.3, -0.25) is 9.69 Å². The lowest BCUT2D eigenvalue weighted by Gasteiger charge is -2.25. The van der Waals surface area contributed by atoms with Gasteiger partial charge in [0.15, 0.2) is 0 Å². The Kier molecular flexibility index (Phi) is 5.39. The number of carbonyl (C=O) groups is 1. The molecule has 110 valence electrons. The van der Waals surface area contributed by atoms with Crippen LogP contribution in [0.15, 0.2) is 29.2 Å². The zero-order valence-electron chi connectivity index (χ0n) is 11.3. The number of hydrogen-bond donors (Lipinski definition) is 1. The van der Waals surface area contributed by atoms with Crippen molar-refractivity contribution in [2.75, 3.05) is 32.6 Å². The lowest BCUT2D eigenvalue weighted by molar-refractivity contribution is -0.143. The second kappa shape index (κ2) is 7.06. The third-order valence-corrected chi connectivity index (χ3v) is 4.50. The molecule has 0 bridgehead atoms. The van der Waals surface area contributed by atoms with Gasteiger partial charge in [-0.05, 0) is 19.2 Å². The van der Waals surface area contributed by atoms with Crippen LogP contribution in [0.4, 0.5) is 4.39 Å². The molecule has 1 aromatic rings. The van der Waals surface area contributed by atoms with Crippen LogP contribution in [0.25, 0.3) is 0 Å². The Labute approximate surface area is 121 Å². The van der Waals surface area contributed by atoms with Crippen molar-refractivity contribution >= 4 is 17.7 Å². The molecule has 0 spiro atoms. The normalized spacial score (nSPS) is 22.4. The molecule has 0 radical (unpaired) electrons. The summed E-state index contributed by atoms with van der Waals surface area (Å²) in [6.45, 7) is 1.40. The minimum atomic E-state index is -0.818. The summed E-state index contributed by atoms with van der Waals surface area (Å²) < 4.78 is 18.7. The summed E-state index contributed by atoms with van der Waals surface area (Å²) in [5, 5.41) is 9.11. The Bertz CT molecular complexity index is 471.